The zero-order valence-electron chi connectivity index (χ0n) is 8.83. The second kappa shape index (κ2) is 3.41. The summed E-state index contributed by atoms with van der Waals surface area (Å²) in [7, 11) is 0. The fourth-order valence-corrected chi connectivity index (χ4v) is 1.66. The maximum absolute atomic E-state index is 4.50. The van der Waals surface area contributed by atoms with E-state index in [9.17, 15) is 0 Å². The lowest BCUT2D eigenvalue weighted by molar-refractivity contribution is 0.880. The summed E-state index contributed by atoms with van der Waals surface area (Å²) < 4.78 is 1.75. The van der Waals surface area contributed by atoms with E-state index in [0.29, 0.717) is 0 Å². The number of hydrogen-bond donors (Lipinski definition) is 0. The average molecular weight is 210 g/mol. The molecule has 0 aliphatic heterocycles. The molecule has 0 aliphatic carbocycles. The predicted molar refractivity (Wildman–Crippen MR) is 61.0 cm³/mol. The minimum atomic E-state index is 0.775. The van der Waals surface area contributed by atoms with Crippen molar-refractivity contribution < 1.29 is 0 Å². The summed E-state index contributed by atoms with van der Waals surface area (Å²) in [4.78, 5) is 0. The molecule has 0 saturated carbocycles. The SMILES string of the molecule is Cc1nnc2ccc(-c3ccccc3)nn12. The molecule has 0 saturated heterocycles. The molecular formula is C12H10N4. The van der Waals surface area contributed by atoms with Crippen LogP contribution in [-0.4, -0.2) is 19.8 Å². The Kier molecular flexibility index (Phi) is 1.93. The molecule has 1 aromatic carbocycles. The van der Waals surface area contributed by atoms with Crippen molar-refractivity contribution in [3.8, 4) is 11.3 Å². The topological polar surface area (TPSA) is 43.1 Å². The smallest absolute Gasteiger partial charge is 0.177 e. The first-order valence-corrected chi connectivity index (χ1v) is 5.09. The van der Waals surface area contributed by atoms with Crippen molar-refractivity contribution in [3.63, 3.8) is 0 Å². The fourth-order valence-electron chi connectivity index (χ4n) is 1.66. The van der Waals surface area contributed by atoms with Gasteiger partial charge in [-0.25, -0.2) is 0 Å². The molecule has 0 radical (unpaired) electrons. The van der Waals surface area contributed by atoms with Crippen molar-refractivity contribution in [1.29, 1.82) is 0 Å². The normalized spacial score (nSPS) is 10.8. The number of hydrogen-bond acceptors (Lipinski definition) is 3. The van der Waals surface area contributed by atoms with Crippen LogP contribution in [-0.2, 0) is 0 Å². The molecule has 0 aliphatic rings. The molecule has 0 bridgehead atoms. The Morgan fingerprint density at radius 1 is 0.938 bits per heavy atom. The first kappa shape index (κ1) is 9.03. The molecule has 0 spiro atoms. The van der Waals surface area contributed by atoms with Crippen molar-refractivity contribution in [1.82, 2.24) is 19.8 Å². The molecular weight excluding hydrogens is 200 g/mol. The summed E-state index contributed by atoms with van der Waals surface area (Å²) in [5.41, 5.74) is 2.80. The maximum atomic E-state index is 4.50. The number of aryl methyl sites for hydroxylation is 1. The predicted octanol–water partition coefficient (Wildman–Crippen LogP) is 2.10. The minimum absolute atomic E-state index is 0.775. The third-order valence-corrected chi connectivity index (χ3v) is 2.49. The molecule has 3 aromatic rings. The molecule has 3 rings (SSSR count). The first-order chi connectivity index (χ1) is 7.84. The lowest BCUT2D eigenvalue weighted by atomic mass is 10.1. The van der Waals surface area contributed by atoms with Crippen LogP contribution in [0.1, 0.15) is 5.82 Å². The highest BCUT2D eigenvalue weighted by Gasteiger charge is 2.04. The van der Waals surface area contributed by atoms with E-state index in [1.54, 1.807) is 4.52 Å². The van der Waals surface area contributed by atoms with Crippen LogP contribution < -0.4 is 0 Å². The molecule has 0 fully saturated rings. The largest absolute Gasteiger partial charge is 0.197 e. The molecule has 4 heteroatoms. The lowest BCUT2D eigenvalue weighted by Gasteiger charge is -2.00. The van der Waals surface area contributed by atoms with Crippen LogP contribution >= 0.6 is 0 Å². The van der Waals surface area contributed by atoms with Gasteiger partial charge in [0.1, 0.15) is 0 Å². The van der Waals surface area contributed by atoms with Crippen molar-refractivity contribution in [2.24, 2.45) is 0 Å². The van der Waals surface area contributed by atoms with Crippen LogP contribution in [0.25, 0.3) is 16.9 Å². The number of rotatable bonds is 1. The van der Waals surface area contributed by atoms with Gasteiger partial charge in [0.25, 0.3) is 0 Å². The van der Waals surface area contributed by atoms with Gasteiger partial charge in [-0.1, -0.05) is 30.3 Å². The van der Waals surface area contributed by atoms with Crippen LogP contribution in [0.5, 0.6) is 0 Å². The summed E-state index contributed by atoms with van der Waals surface area (Å²) in [6, 6.07) is 13.9. The Balaban J connectivity index is 2.22. The van der Waals surface area contributed by atoms with Gasteiger partial charge in [-0.05, 0) is 19.1 Å². The van der Waals surface area contributed by atoms with Crippen molar-refractivity contribution in [2.45, 2.75) is 6.92 Å². The number of fused-ring (bicyclic) bond motifs is 1. The van der Waals surface area contributed by atoms with E-state index in [1.165, 1.54) is 0 Å². The highest BCUT2D eigenvalue weighted by molar-refractivity contribution is 5.59. The van der Waals surface area contributed by atoms with E-state index in [1.807, 2.05) is 49.4 Å². The third kappa shape index (κ3) is 1.35. The molecule has 0 amide bonds. The summed E-state index contributed by atoms with van der Waals surface area (Å²) in [5, 5.41) is 12.5. The molecule has 2 heterocycles. The average Bonchev–Trinajstić information content (AvgIpc) is 2.72. The van der Waals surface area contributed by atoms with Gasteiger partial charge in [0.05, 0.1) is 5.69 Å². The third-order valence-electron chi connectivity index (χ3n) is 2.49. The molecule has 16 heavy (non-hydrogen) atoms. The van der Waals surface area contributed by atoms with E-state index in [2.05, 4.69) is 15.3 Å². The zero-order valence-corrected chi connectivity index (χ0v) is 8.83. The second-order valence-electron chi connectivity index (χ2n) is 3.60. The Bertz CT molecular complexity index is 628. The van der Waals surface area contributed by atoms with Gasteiger partial charge in [-0.15, -0.1) is 10.2 Å². The van der Waals surface area contributed by atoms with E-state index >= 15 is 0 Å². The van der Waals surface area contributed by atoms with Gasteiger partial charge in [-0.2, -0.15) is 9.61 Å². The van der Waals surface area contributed by atoms with Crippen molar-refractivity contribution >= 4 is 5.65 Å². The summed E-state index contributed by atoms with van der Waals surface area (Å²) in [5.74, 6) is 0.799. The molecule has 78 valence electrons. The Hall–Kier alpha value is -2.23. The number of aromatic nitrogens is 4. The Morgan fingerprint density at radius 3 is 2.56 bits per heavy atom. The van der Waals surface area contributed by atoms with Crippen LogP contribution in [0.3, 0.4) is 0 Å². The van der Waals surface area contributed by atoms with Gasteiger partial charge in [0.2, 0.25) is 0 Å². The monoisotopic (exact) mass is 210 g/mol. The standard InChI is InChI=1S/C12H10N4/c1-9-13-14-12-8-7-11(15-16(9)12)10-5-3-2-4-6-10/h2-8H,1H3. The summed E-state index contributed by atoms with van der Waals surface area (Å²) >= 11 is 0. The summed E-state index contributed by atoms with van der Waals surface area (Å²) in [6.45, 7) is 1.89. The van der Waals surface area contributed by atoms with Gasteiger partial charge < -0.3 is 0 Å². The zero-order chi connectivity index (χ0) is 11.0. The minimum Gasteiger partial charge on any atom is -0.197 e. The van der Waals surface area contributed by atoms with Crippen molar-refractivity contribution in [2.75, 3.05) is 0 Å². The van der Waals surface area contributed by atoms with Gasteiger partial charge >= 0.3 is 0 Å². The molecule has 0 atom stereocenters. The Labute approximate surface area is 92.6 Å². The molecule has 0 unspecified atom stereocenters. The van der Waals surface area contributed by atoms with E-state index in [0.717, 1.165) is 22.7 Å². The van der Waals surface area contributed by atoms with Gasteiger partial charge in [0.15, 0.2) is 11.5 Å². The quantitative estimate of drug-likeness (QED) is 0.617. The van der Waals surface area contributed by atoms with E-state index < -0.39 is 0 Å². The van der Waals surface area contributed by atoms with Crippen LogP contribution in [0, 0.1) is 6.92 Å². The highest BCUT2D eigenvalue weighted by Crippen LogP contribution is 2.16. The van der Waals surface area contributed by atoms with Crippen LogP contribution in [0.15, 0.2) is 42.5 Å². The Morgan fingerprint density at radius 2 is 1.75 bits per heavy atom. The lowest BCUT2D eigenvalue weighted by Crippen LogP contribution is -1.96. The number of benzene rings is 1. The van der Waals surface area contributed by atoms with Crippen LogP contribution in [0.2, 0.25) is 0 Å². The summed E-state index contributed by atoms with van der Waals surface area (Å²) in [6.07, 6.45) is 0. The highest BCUT2D eigenvalue weighted by atomic mass is 15.4. The molecule has 0 N–H and O–H groups in total. The van der Waals surface area contributed by atoms with E-state index in [4.69, 9.17) is 0 Å². The van der Waals surface area contributed by atoms with Crippen LogP contribution in [0.4, 0.5) is 0 Å². The number of nitrogens with zero attached hydrogens (tertiary/aromatic N) is 4. The van der Waals surface area contributed by atoms with Gasteiger partial charge in [0, 0.05) is 5.56 Å². The van der Waals surface area contributed by atoms with Crippen molar-refractivity contribution in [3.05, 3.63) is 48.3 Å². The fraction of sp³-hybridized carbons (Fsp3) is 0.0833. The first-order valence-electron chi connectivity index (χ1n) is 5.09. The molecule has 4 nitrogen and oxygen atoms in total. The van der Waals surface area contributed by atoms with E-state index in [-0.39, 0.29) is 0 Å². The molecule has 2 aromatic heterocycles. The maximum Gasteiger partial charge on any atom is 0.177 e. The van der Waals surface area contributed by atoms with Gasteiger partial charge in [-0.3, -0.25) is 0 Å². The second-order valence-corrected chi connectivity index (χ2v) is 3.60.